The lowest BCUT2D eigenvalue weighted by Gasteiger charge is -2.58. The molecule has 100 valence electrons. The first-order chi connectivity index (χ1) is 8.36. The lowest BCUT2D eigenvalue weighted by atomic mass is 9.50. The van der Waals surface area contributed by atoms with E-state index in [1.54, 1.807) is 0 Å². The maximum atomic E-state index is 11.9. The Hall–Kier alpha value is -0.680. The minimum Gasteiger partial charge on any atom is -0.298 e. The van der Waals surface area contributed by atoms with Crippen LogP contribution in [0.25, 0.3) is 0 Å². The molecule has 0 heterocycles. The number of primary sulfonamides is 1. The van der Waals surface area contributed by atoms with E-state index in [0.29, 0.717) is 24.3 Å². The molecule has 4 aliphatic carbocycles. The summed E-state index contributed by atoms with van der Waals surface area (Å²) in [5.41, 5.74) is 0.647. The number of aldehydes is 1. The van der Waals surface area contributed by atoms with Crippen LogP contribution in [-0.2, 0) is 14.8 Å². The monoisotopic (exact) mass is 269 g/mol. The second kappa shape index (κ2) is 3.67. The van der Waals surface area contributed by atoms with Crippen molar-refractivity contribution in [2.24, 2.45) is 28.8 Å². The van der Waals surface area contributed by atoms with Crippen LogP contribution in [0.3, 0.4) is 0 Å². The molecule has 0 spiro atoms. The lowest BCUT2D eigenvalue weighted by Crippen LogP contribution is -2.60. The van der Waals surface area contributed by atoms with Crippen molar-refractivity contribution in [3.8, 4) is 0 Å². The van der Waals surface area contributed by atoms with Gasteiger partial charge in [-0.15, -0.1) is 0 Å². The molecule has 4 fully saturated rings. The molecule has 0 aromatic heterocycles. The summed E-state index contributed by atoms with van der Waals surface area (Å²) in [6.07, 6.45) is 4.87. The van der Waals surface area contributed by atoms with Gasteiger partial charge in [0.1, 0.15) is 6.29 Å². The summed E-state index contributed by atoms with van der Waals surface area (Å²) in [6.45, 7) is 3.86. The van der Waals surface area contributed by atoms with Gasteiger partial charge in [0.25, 0.3) is 0 Å². The highest BCUT2D eigenvalue weighted by molar-refractivity contribution is 7.90. The smallest absolute Gasteiger partial charge is 0.214 e. The fourth-order valence-electron chi connectivity index (χ4n) is 4.98. The number of nitrogens with two attached hydrogens (primary N) is 1. The topological polar surface area (TPSA) is 77.2 Å². The minimum absolute atomic E-state index is 0.189. The maximum Gasteiger partial charge on any atom is 0.214 e. The van der Waals surface area contributed by atoms with Crippen molar-refractivity contribution >= 4 is 16.3 Å². The Balaban J connectivity index is 1.98. The van der Waals surface area contributed by atoms with Crippen molar-refractivity contribution in [3.63, 3.8) is 0 Å². The van der Waals surface area contributed by atoms with Crippen LogP contribution in [0.15, 0.2) is 12.2 Å². The Kier molecular flexibility index (Phi) is 2.52. The Morgan fingerprint density at radius 1 is 1.22 bits per heavy atom. The number of carbonyl (C=O) groups is 1. The molecule has 4 saturated carbocycles. The number of rotatable bonds is 3. The summed E-state index contributed by atoms with van der Waals surface area (Å²) in [4.78, 5) is 11.0. The summed E-state index contributed by atoms with van der Waals surface area (Å²) in [5.74, 6) is 1.23. The van der Waals surface area contributed by atoms with Crippen molar-refractivity contribution in [2.45, 2.75) is 36.9 Å². The number of hydrogen-bond donors (Lipinski definition) is 1. The predicted octanol–water partition coefficient (Wildman–Crippen LogP) is 1.22. The summed E-state index contributed by atoms with van der Waals surface area (Å²) in [5, 5.41) is 5.47. The van der Waals surface area contributed by atoms with Crippen molar-refractivity contribution in [2.75, 3.05) is 0 Å². The van der Waals surface area contributed by atoms with E-state index in [1.165, 1.54) is 0 Å². The van der Waals surface area contributed by atoms with Crippen LogP contribution in [0.5, 0.6) is 0 Å². The molecule has 0 saturated heterocycles. The fourth-order valence-corrected chi connectivity index (χ4v) is 6.34. The zero-order valence-electron chi connectivity index (χ0n) is 10.3. The van der Waals surface area contributed by atoms with Crippen LogP contribution in [0, 0.1) is 23.7 Å². The van der Waals surface area contributed by atoms with Gasteiger partial charge in [0, 0.05) is 0 Å². The van der Waals surface area contributed by atoms with Crippen LogP contribution in [0.4, 0.5) is 0 Å². The zero-order chi connectivity index (χ0) is 13.1. The number of sulfonamides is 1. The molecule has 0 radical (unpaired) electrons. The molecule has 2 atom stereocenters. The molecule has 18 heavy (non-hydrogen) atoms. The van der Waals surface area contributed by atoms with Gasteiger partial charge in [-0.2, -0.15) is 0 Å². The van der Waals surface area contributed by atoms with Crippen molar-refractivity contribution in [3.05, 3.63) is 12.2 Å². The molecule has 5 heteroatoms. The van der Waals surface area contributed by atoms with Gasteiger partial charge in [0.2, 0.25) is 10.0 Å². The number of allylic oxidation sites excluding steroid dienone is 1. The van der Waals surface area contributed by atoms with E-state index >= 15 is 0 Å². The second-order valence-corrected chi connectivity index (χ2v) is 8.37. The average Bonchev–Trinajstić information content (AvgIpc) is 2.25. The summed E-state index contributed by atoms with van der Waals surface area (Å²) >= 11 is 0. The Bertz CT molecular complexity index is 494. The average molecular weight is 269 g/mol. The largest absolute Gasteiger partial charge is 0.298 e. The third-order valence-corrected chi connectivity index (χ3v) is 7.11. The molecule has 4 aliphatic rings. The van der Waals surface area contributed by atoms with Gasteiger partial charge in [0.15, 0.2) is 0 Å². The van der Waals surface area contributed by atoms with Crippen LogP contribution in [0.2, 0.25) is 0 Å². The van der Waals surface area contributed by atoms with E-state index in [-0.39, 0.29) is 17.8 Å². The van der Waals surface area contributed by atoms with E-state index in [1.807, 2.05) is 0 Å². The number of hydrogen-bond acceptors (Lipinski definition) is 3. The van der Waals surface area contributed by atoms with Crippen molar-refractivity contribution in [1.82, 2.24) is 0 Å². The van der Waals surface area contributed by atoms with Crippen LogP contribution in [0.1, 0.15) is 32.1 Å². The van der Waals surface area contributed by atoms with E-state index in [9.17, 15) is 13.2 Å². The van der Waals surface area contributed by atoms with Crippen molar-refractivity contribution < 1.29 is 13.2 Å². The highest BCUT2D eigenvalue weighted by Crippen LogP contribution is 2.61. The molecular weight excluding hydrogens is 250 g/mol. The van der Waals surface area contributed by atoms with Gasteiger partial charge in [-0.25, -0.2) is 13.6 Å². The standard InChI is InChI=1S/C13H19NO3S/c1-8(7-15)12-10-2-9-3-11(12)6-13(4-9,5-10)18(14,16)17/h7,9-12H,1-6H2,(H2,14,16,17). The molecule has 0 aromatic rings. The van der Waals surface area contributed by atoms with E-state index in [0.717, 1.165) is 25.5 Å². The van der Waals surface area contributed by atoms with Gasteiger partial charge in [-0.05, 0) is 61.3 Å². The minimum atomic E-state index is -3.50. The number of carbonyl (C=O) groups excluding carboxylic acids is 1. The third kappa shape index (κ3) is 1.53. The van der Waals surface area contributed by atoms with Gasteiger partial charge < -0.3 is 0 Å². The third-order valence-electron chi connectivity index (χ3n) is 5.40. The first kappa shape index (κ1) is 12.4. The van der Waals surface area contributed by atoms with Gasteiger partial charge in [-0.1, -0.05) is 6.58 Å². The summed E-state index contributed by atoms with van der Waals surface area (Å²) < 4.78 is 23.1. The molecule has 4 nitrogen and oxygen atoms in total. The molecule has 4 rings (SSSR count). The van der Waals surface area contributed by atoms with Crippen LogP contribution in [-0.4, -0.2) is 19.5 Å². The quantitative estimate of drug-likeness (QED) is 0.618. The van der Waals surface area contributed by atoms with Gasteiger partial charge in [0.05, 0.1) is 4.75 Å². The maximum absolute atomic E-state index is 11.9. The van der Waals surface area contributed by atoms with E-state index in [4.69, 9.17) is 5.14 Å². The highest BCUT2D eigenvalue weighted by atomic mass is 32.2. The summed E-state index contributed by atoms with van der Waals surface area (Å²) in [6, 6.07) is 0. The van der Waals surface area contributed by atoms with Gasteiger partial charge >= 0.3 is 0 Å². The Morgan fingerprint density at radius 3 is 2.22 bits per heavy atom. The highest BCUT2D eigenvalue weighted by Gasteiger charge is 2.60. The second-order valence-electron chi connectivity index (χ2n) is 6.42. The first-order valence-electron chi connectivity index (χ1n) is 6.52. The Morgan fingerprint density at radius 2 is 1.78 bits per heavy atom. The predicted molar refractivity (Wildman–Crippen MR) is 68.1 cm³/mol. The zero-order valence-corrected chi connectivity index (χ0v) is 11.2. The molecule has 2 N–H and O–H groups in total. The molecule has 4 bridgehead atoms. The molecule has 2 unspecified atom stereocenters. The molecular formula is C13H19NO3S. The fraction of sp³-hybridized carbons (Fsp3) is 0.769. The van der Waals surface area contributed by atoms with Crippen LogP contribution >= 0.6 is 0 Å². The lowest BCUT2D eigenvalue weighted by molar-refractivity contribution is -0.106. The molecule has 0 aromatic carbocycles. The molecule has 0 amide bonds. The SMILES string of the molecule is C=C(C=O)C1C2CC3CC1CC(S(N)(=O)=O)(C3)C2. The normalized spacial score (nSPS) is 46.1. The van der Waals surface area contributed by atoms with E-state index in [2.05, 4.69) is 6.58 Å². The van der Waals surface area contributed by atoms with Crippen LogP contribution < -0.4 is 5.14 Å². The summed E-state index contributed by atoms with van der Waals surface area (Å²) in [7, 11) is -3.50. The first-order valence-corrected chi connectivity index (χ1v) is 8.07. The Labute approximate surface area is 108 Å². The van der Waals surface area contributed by atoms with E-state index < -0.39 is 14.8 Å². The van der Waals surface area contributed by atoms with Gasteiger partial charge in [-0.3, -0.25) is 4.79 Å². The molecule has 0 aliphatic heterocycles. The van der Waals surface area contributed by atoms with Crippen molar-refractivity contribution in [1.29, 1.82) is 0 Å².